The second-order valence-corrected chi connectivity index (χ2v) is 5.25. The molecule has 2 unspecified atom stereocenters. The van der Waals surface area contributed by atoms with Crippen LogP contribution in [0.3, 0.4) is 0 Å². The maximum absolute atomic E-state index is 11.7. The molecule has 20 heavy (non-hydrogen) atoms. The molecule has 5 heteroatoms. The van der Waals surface area contributed by atoms with Gasteiger partial charge in [-0.1, -0.05) is 18.2 Å². The van der Waals surface area contributed by atoms with E-state index in [0.29, 0.717) is 19.0 Å². The van der Waals surface area contributed by atoms with Crippen molar-refractivity contribution in [2.24, 2.45) is 0 Å². The molecule has 1 aromatic rings. The SMILES string of the molecule is CC(NC(=O)CCN1c2ccccc2CC1C)C(=O)O. The van der Waals surface area contributed by atoms with E-state index in [9.17, 15) is 9.59 Å². The minimum atomic E-state index is -1.02. The van der Waals surface area contributed by atoms with Crippen LogP contribution in [0.1, 0.15) is 25.8 Å². The number of carbonyl (C=O) groups is 2. The molecule has 2 atom stereocenters. The van der Waals surface area contributed by atoms with E-state index in [1.54, 1.807) is 0 Å². The number of hydrogen-bond donors (Lipinski definition) is 2. The molecular weight excluding hydrogens is 256 g/mol. The van der Waals surface area contributed by atoms with Crippen LogP contribution in [0.5, 0.6) is 0 Å². The Morgan fingerprint density at radius 1 is 1.45 bits per heavy atom. The van der Waals surface area contributed by atoms with Gasteiger partial charge in [0, 0.05) is 24.7 Å². The monoisotopic (exact) mass is 276 g/mol. The van der Waals surface area contributed by atoms with E-state index in [1.165, 1.54) is 18.2 Å². The van der Waals surface area contributed by atoms with Gasteiger partial charge in [0.05, 0.1) is 0 Å². The van der Waals surface area contributed by atoms with Gasteiger partial charge in [-0.25, -0.2) is 0 Å². The van der Waals surface area contributed by atoms with Crippen molar-refractivity contribution in [2.45, 2.75) is 38.8 Å². The van der Waals surface area contributed by atoms with Crippen molar-refractivity contribution < 1.29 is 14.7 Å². The van der Waals surface area contributed by atoms with Gasteiger partial charge in [-0.2, -0.15) is 0 Å². The molecular formula is C15H20N2O3. The molecule has 0 spiro atoms. The van der Waals surface area contributed by atoms with E-state index in [1.807, 2.05) is 12.1 Å². The van der Waals surface area contributed by atoms with E-state index in [0.717, 1.165) is 6.42 Å². The molecule has 0 bridgehead atoms. The molecule has 0 aliphatic carbocycles. The first-order chi connectivity index (χ1) is 9.49. The highest BCUT2D eigenvalue weighted by Gasteiger charge is 2.25. The van der Waals surface area contributed by atoms with E-state index in [2.05, 4.69) is 29.3 Å². The lowest BCUT2D eigenvalue weighted by atomic mass is 10.1. The Morgan fingerprint density at radius 3 is 2.85 bits per heavy atom. The molecule has 5 nitrogen and oxygen atoms in total. The fourth-order valence-electron chi connectivity index (χ4n) is 2.57. The van der Waals surface area contributed by atoms with Crippen LogP contribution < -0.4 is 10.2 Å². The number of anilines is 1. The number of amides is 1. The minimum Gasteiger partial charge on any atom is -0.480 e. The number of rotatable bonds is 5. The molecule has 0 radical (unpaired) electrons. The van der Waals surface area contributed by atoms with Gasteiger partial charge in [0.25, 0.3) is 0 Å². The van der Waals surface area contributed by atoms with Crippen molar-refractivity contribution in [3.63, 3.8) is 0 Å². The molecule has 0 fully saturated rings. The van der Waals surface area contributed by atoms with Gasteiger partial charge >= 0.3 is 5.97 Å². The Balaban J connectivity index is 1.91. The quantitative estimate of drug-likeness (QED) is 0.853. The zero-order valence-corrected chi connectivity index (χ0v) is 11.8. The first-order valence-electron chi connectivity index (χ1n) is 6.85. The maximum Gasteiger partial charge on any atom is 0.325 e. The normalized spacial score (nSPS) is 18.5. The molecule has 1 aliphatic rings. The lowest BCUT2D eigenvalue weighted by molar-refractivity contribution is -0.141. The predicted molar refractivity (Wildman–Crippen MR) is 76.8 cm³/mol. The van der Waals surface area contributed by atoms with Crippen molar-refractivity contribution in [1.29, 1.82) is 0 Å². The zero-order chi connectivity index (χ0) is 14.7. The predicted octanol–water partition coefficient (Wildman–Crippen LogP) is 1.42. The van der Waals surface area contributed by atoms with Crippen LogP contribution in [0.2, 0.25) is 0 Å². The lowest BCUT2D eigenvalue weighted by Gasteiger charge is -2.24. The highest BCUT2D eigenvalue weighted by atomic mass is 16.4. The summed E-state index contributed by atoms with van der Waals surface area (Å²) in [5.74, 6) is -1.24. The van der Waals surface area contributed by atoms with Gasteiger partial charge in [-0.05, 0) is 31.9 Å². The van der Waals surface area contributed by atoms with Gasteiger partial charge < -0.3 is 15.3 Å². The number of carbonyl (C=O) groups excluding carboxylic acids is 1. The molecule has 1 aliphatic heterocycles. The summed E-state index contributed by atoms with van der Waals surface area (Å²) in [6.45, 7) is 4.21. The Bertz CT molecular complexity index is 516. The summed E-state index contributed by atoms with van der Waals surface area (Å²) in [7, 11) is 0. The van der Waals surface area contributed by atoms with Gasteiger partial charge in [0.1, 0.15) is 6.04 Å². The number of fused-ring (bicyclic) bond motifs is 1. The van der Waals surface area contributed by atoms with Crippen molar-refractivity contribution in [1.82, 2.24) is 5.32 Å². The Morgan fingerprint density at radius 2 is 2.15 bits per heavy atom. The number of aliphatic carboxylic acids is 1. The molecule has 2 rings (SSSR count). The first-order valence-corrected chi connectivity index (χ1v) is 6.85. The third-order valence-corrected chi connectivity index (χ3v) is 3.68. The van der Waals surface area contributed by atoms with Crippen LogP contribution in [0.15, 0.2) is 24.3 Å². The number of carboxylic acids is 1. The maximum atomic E-state index is 11.7. The molecule has 2 N–H and O–H groups in total. The summed E-state index contributed by atoms with van der Waals surface area (Å²) >= 11 is 0. The van der Waals surface area contributed by atoms with Crippen LogP contribution in [0.25, 0.3) is 0 Å². The Hall–Kier alpha value is -2.04. The van der Waals surface area contributed by atoms with Crippen molar-refractivity contribution in [3.05, 3.63) is 29.8 Å². The summed E-state index contributed by atoms with van der Waals surface area (Å²) in [5.41, 5.74) is 2.48. The third kappa shape index (κ3) is 3.10. The number of carboxylic acid groups (broad SMARTS) is 1. The average Bonchev–Trinajstić information content (AvgIpc) is 2.71. The molecule has 0 aromatic heterocycles. The number of nitrogens with one attached hydrogen (secondary N) is 1. The van der Waals surface area contributed by atoms with Crippen molar-refractivity contribution >= 4 is 17.6 Å². The lowest BCUT2D eigenvalue weighted by Crippen LogP contribution is -2.40. The van der Waals surface area contributed by atoms with Crippen LogP contribution in [0.4, 0.5) is 5.69 Å². The smallest absolute Gasteiger partial charge is 0.325 e. The molecule has 108 valence electrons. The molecule has 1 aromatic carbocycles. The summed E-state index contributed by atoms with van der Waals surface area (Å²) in [4.78, 5) is 24.6. The first kappa shape index (κ1) is 14.4. The highest BCUT2D eigenvalue weighted by molar-refractivity contribution is 5.83. The summed E-state index contributed by atoms with van der Waals surface area (Å²) in [5, 5.41) is 11.2. The number of para-hydroxylation sites is 1. The minimum absolute atomic E-state index is 0.225. The third-order valence-electron chi connectivity index (χ3n) is 3.68. The van der Waals surface area contributed by atoms with E-state index in [4.69, 9.17) is 5.11 Å². The van der Waals surface area contributed by atoms with Crippen LogP contribution in [0, 0.1) is 0 Å². The second kappa shape index (κ2) is 5.94. The summed E-state index contributed by atoms with van der Waals surface area (Å²) in [6, 6.07) is 7.73. The second-order valence-electron chi connectivity index (χ2n) is 5.25. The topological polar surface area (TPSA) is 69.6 Å². The number of benzene rings is 1. The van der Waals surface area contributed by atoms with Gasteiger partial charge in [0.2, 0.25) is 5.91 Å². The Labute approximate surface area is 118 Å². The van der Waals surface area contributed by atoms with Crippen LogP contribution in [-0.2, 0) is 16.0 Å². The van der Waals surface area contributed by atoms with Crippen molar-refractivity contribution in [2.75, 3.05) is 11.4 Å². The zero-order valence-electron chi connectivity index (χ0n) is 11.8. The number of nitrogens with zero attached hydrogens (tertiary/aromatic N) is 1. The van der Waals surface area contributed by atoms with Gasteiger partial charge in [-0.15, -0.1) is 0 Å². The fraction of sp³-hybridized carbons (Fsp3) is 0.467. The number of hydrogen-bond acceptors (Lipinski definition) is 3. The van der Waals surface area contributed by atoms with E-state index in [-0.39, 0.29) is 5.91 Å². The van der Waals surface area contributed by atoms with Gasteiger partial charge in [-0.3, -0.25) is 9.59 Å². The van der Waals surface area contributed by atoms with Gasteiger partial charge in [0.15, 0.2) is 0 Å². The van der Waals surface area contributed by atoms with Crippen LogP contribution in [-0.4, -0.2) is 35.6 Å². The highest BCUT2D eigenvalue weighted by Crippen LogP contribution is 2.31. The van der Waals surface area contributed by atoms with E-state index >= 15 is 0 Å². The fourth-order valence-corrected chi connectivity index (χ4v) is 2.57. The largest absolute Gasteiger partial charge is 0.480 e. The molecule has 1 amide bonds. The Kier molecular flexibility index (Phi) is 4.27. The standard InChI is InChI=1S/C15H20N2O3/c1-10-9-12-5-3-4-6-13(12)17(10)8-7-14(18)16-11(2)15(19)20/h3-6,10-11H,7-9H2,1-2H3,(H,16,18)(H,19,20). The summed E-state index contributed by atoms with van der Waals surface area (Å²) < 4.78 is 0. The molecule has 0 saturated carbocycles. The molecule has 1 heterocycles. The van der Waals surface area contributed by atoms with Crippen LogP contribution >= 0.6 is 0 Å². The van der Waals surface area contributed by atoms with E-state index < -0.39 is 12.0 Å². The molecule has 0 saturated heterocycles. The van der Waals surface area contributed by atoms with Crippen molar-refractivity contribution in [3.8, 4) is 0 Å². The summed E-state index contributed by atoms with van der Waals surface area (Å²) in [6.07, 6.45) is 1.29. The average molecular weight is 276 g/mol.